The third-order valence-corrected chi connectivity index (χ3v) is 2.58. The molecule has 0 radical (unpaired) electrons. The van der Waals surface area contributed by atoms with Crippen molar-refractivity contribution in [3.8, 4) is 0 Å². The molecule has 0 heterocycles. The molecule has 0 saturated heterocycles. The summed E-state index contributed by atoms with van der Waals surface area (Å²) < 4.78 is 0. The van der Waals surface area contributed by atoms with E-state index in [-0.39, 0.29) is 5.41 Å². The molecule has 0 heteroatoms. The van der Waals surface area contributed by atoms with Crippen molar-refractivity contribution in [2.45, 2.75) is 41.0 Å². The second-order valence-corrected chi connectivity index (χ2v) is 5.14. The molecule has 1 aromatic carbocycles. The summed E-state index contributed by atoms with van der Waals surface area (Å²) in [6, 6.07) is 8.82. The quantitative estimate of drug-likeness (QED) is 0.644. The van der Waals surface area contributed by atoms with Gasteiger partial charge in [-0.15, -0.1) is 0 Å². The molecule has 1 aromatic rings. The molecule has 0 nitrogen and oxygen atoms in total. The molecular formula is C15H22. The van der Waals surface area contributed by atoms with Crippen molar-refractivity contribution in [2.75, 3.05) is 0 Å². The van der Waals surface area contributed by atoms with Crippen molar-refractivity contribution in [3.63, 3.8) is 0 Å². The Morgan fingerprint density at radius 2 is 1.67 bits per heavy atom. The Balaban J connectivity index is 3.11. The first-order chi connectivity index (χ1) is 6.95. The number of allylic oxidation sites excluding steroid dienone is 2. The molecule has 0 aliphatic heterocycles. The molecule has 0 unspecified atom stereocenters. The topological polar surface area (TPSA) is 0 Å². The Bertz CT molecular complexity index is 333. The van der Waals surface area contributed by atoms with Crippen LogP contribution in [0.3, 0.4) is 0 Å². The maximum atomic E-state index is 2.34. The summed E-state index contributed by atoms with van der Waals surface area (Å²) in [5, 5.41) is 0. The molecule has 15 heavy (non-hydrogen) atoms. The van der Waals surface area contributed by atoms with Crippen molar-refractivity contribution >= 4 is 5.57 Å². The van der Waals surface area contributed by atoms with Gasteiger partial charge in [-0.05, 0) is 29.9 Å². The summed E-state index contributed by atoms with van der Waals surface area (Å²) in [5.74, 6) is 0. The number of aryl methyl sites for hydroxylation is 1. The predicted octanol–water partition coefficient (Wildman–Crippen LogP) is 4.83. The first-order valence-electron chi connectivity index (χ1n) is 5.73. The normalized spacial score (nSPS) is 13.0. The highest BCUT2D eigenvalue weighted by atomic mass is 14.2. The average molecular weight is 202 g/mol. The van der Waals surface area contributed by atoms with E-state index in [4.69, 9.17) is 0 Å². The summed E-state index contributed by atoms with van der Waals surface area (Å²) in [6.07, 6.45) is 3.44. The Labute approximate surface area is 94.0 Å². The van der Waals surface area contributed by atoms with Crippen LogP contribution in [0.15, 0.2) is 30.3 Å². The lowest BCUT2D eigenvalue weighted by Gasteiger charge is -2.23. The van der Waals surface area contributed by atoms with E-state index >= 15 is 0 Å². The molecule has 82 valence electrons. The van der Waals surface area contributed by atoms with Gasteiger partial charge in [-0.1, -0.05) is 63.6 Å². The maximum absolute atomic E-state index is 2.34. The molecule has 0 aromatic heterocycles. The number of hydrogen-bond donors (Lipinski definition) is 0. The molecule has 0 aliphatic carbocycles. The summed E-state index contributed by atoms with van der Waals surface area (Å²) in [5.41, 5.74) is 4.36. The first kappa shape index (κ1) is 12.0. The van der Waals surface area contributed by atoms with Gasteiger partial charge in [-0.2, -0.15) is 0 Å². The first-order valence-corrected chi connectivity index (χ1v) is 5.73. The number of benzene rings is 1. The van der Waals surface area contributed by atoms with Crippen LogP contribution < -0.4 is 0 Å². The fraction of sp³-hybridized carbons (Fsp3) is 0.467. The smallest absolute Gasteiger partial charge is 0.0129 e. The third-order valence-electron chi connectivity index (χ3n) is 2.58. The van der Waals surface area contributed by atoms with Crippen LogP contribution in [0.5, 0.6) is 0 Å². The van der Waals surface area contributed by atoms with E-state index in [1.54, 1.807) is 0 Å². The molecule has 0 spiro atoms. The lowest BCUT2D eigenvalue weighted by atomic mass is 9.81. The van der Waals surface area contributed by atoms with Crippen LogP contribution in [-0.4, -0.2) is 0 Å². The van der Waals surface area contributed by atoms with E-state index in [1.165, 1.54) is 16.7 Å². The van der Waals surface area contributed by atoms with Gasteiger partial charge < -0.3 is 0 Å². The second kappa shape index (κ2) is 4.65. The molecule has 0 amide bonds. The molecule has 0 bridgehead atoms. The number of hydrogen-bond acceptors (Lipinski definition) is 0. The highest BCUT2D eigenvalue weighted by molar-refractivity contribution is 5.69. The van der Waals surface area contributed by atoms with Crippen molar-refractivity contribution in [1.29, 1.82) is 0 Å². The molecule has 1 rings (SSSR count). The number of rotatable bonds is 2. The van der Waals surface area contributed by atoms with E-state index < -0.39 is 0 Å². The van der Waals surface area contributed by atoms with Crippen molar-refractivity contribution in [1.82, 2.24) is 0 Å². The molecular weight excluding hydrogens is 180 g/mol. The lowest BCUT2D eigenvalue weighted by molar-refractivity contribution is 0.565. The fourth-order valence-electron chi connectivity index (χ4n) is 1.79. The maximum Gasteiger partial charge on any atom is -0.0129 e. The standard InChI is InChI=1S/C15H22/c1-6-7-14(15(3,4)5)13-10-8-12(2)9-11-13/h7-11H,6H2,1-5H3/b14-7-. The zero-order valence-corrected chi connectivity index (χ0v) is 10.6. The van der Waals surface area contributed by atoms with Crippen LogP contribution in [0.25, 0.3) is 5.57 Å². The minimum Gasteiger partial charge on any atom is -0.0805 e. The van der Waals surface area contributed by atoms with Crippen molar-refractivity contribution in [3.05, 3.63) is 41.5 Å². The lowest BCUT2D eigenvalue weighted by Crippen LogP contribution is -2.08. The minimum absolute atomic E-state index is 0.227. The molecule has 0 aliphatic rings. The van der Waals surface area contributed by atoms with Gasteiger partial charge in [0.25, 0.3) is 0 Å². The summed E-state index contributed by atoms with van der Waals surface area (Å²) >= 11 is 0. The fourth-order valence-corrected chi connectivity index (χ4v) is 1.79. The molecule has 0 fully saturated rings. The van der Waals surface area contributed by atoms with Crippen LogP contribution in [0.4, 0.5) is 0 Å². The van der Waals surface area contributed by atoms with Crippen molar-refractivity contribution in [2.24, 2.45) is 5.41 Å². The Kier molecular flexibility index (Phi) is 3.73. The average Bonchev–Trinajstić information content (AvgIpc) is 2.14. The third kappa shape index (κ3) is 3.23. The van der Waals surface area contributed by atoms with Gasteiger partial charge in [0.15, 0.2) is 0 Å². The Hall–Kier alpha value is -1.04. The monoisotopic (exact) mass is 202 g/mol. The van der Waals surface area contributed by atoms with E-state index in [1.807, 2.05) is 0 Å². The Morgan fingerprint density at radius 3 is 2.07 bits per heavy atom. The minimum atomic E-state index is 0.227. The SMILES string of the molecule is CC/C=C(/c1ccc(C)cc1)C(C)(C)C. The van der Waals surface area contributed by atoms with Crippen molar-refractivity contribution < 1.29 is 0 Å². The zero-order chi connectivity index (χ0) is 11.5. The van der Waals surface area contributed by atoms with Gasteiger partial charge in [0.1, 0.15) is 0 Å². The van der Waals surface area contributed by atoms with E-state index in [0.717, 1.165) is 6.42 Å². The van der Waals surface area contributed by atoms with Crippen LogP contribution in [0.1, 0.15) is 45.2 Å². The van der Waals surface area contributed by atoms with Gasteiger partial charge in [0.05, 0.1) is 0 Å². The largest absolute Gasteiger partial charge is 0.0805 e. The highest BCUT2D eigenvalue weighted by Crippen LogP contribution is 2.34. The van der Waals surface area contributed by atoms with Crippen LogP contribution in [0.2, 0.25) is 0 Å². The molecule has 0 N–H and O–H groups in total. The van der Waals surface area contributed by atoms with Gasteiger partial charge >= 0.3 is 0 Å². The van der Waals surface area contributed by atoms with Crippen LogP contribution >= 0.6 is 0 Å². The van der Waals surface area contributed by atoms with Gasteiger partial charge in [-0.25, -0.2) is 0 Å². The second-order valence-electron chi connectivity index (χ2n) is 5.14. The molecule has 0 atom stereocenters. The predicted molar refractivity (Wildman–Crippen MR) is 68.9 cm³/mol. The van der Waals surface area contributed by atoms with E-state index in [9.17, 15) is 0 Å². The summed E-state index contributed by atoms with van der Waals surface area (Å²) in [4.78, 5) is 0. The van der Waals surface area contributed by atoms with E-state index in [2.05, 4.69) is 65.0 Å². The molecule has 0 saturated carbocycles. The van der Waals surface area contributed by atoms with Crippen LogP contribution in [0, 0.1) is 12.3 Å². The van der Waals surface area contributed by atoms with Gasteiger partial charge in [0.2, 0.25) is 0 Å². The zero-order valence-electron chi connectivity index (χ0n) is 10.6. The summed E-state index contributed by atoms with van der Waals surface area (Å²) in [6.45, 7) is 11.1. The van der Waals surface area contributed by atoms with Crippen LogP contribution in [-0.2, 0) is 0 Å². The van der Waals surface area contributed by atoms with Gasteiger partial charge in [-0.3, -0.25) is 0 Å². The summed E-state index contributed by atoms with van der Waals surface area (Å²) in [7, 11) is 0. The van der Waals surface area contributed by atoms with Gasteiger partial charge in [0, 0.05) is 0 Å². The van der Waals surface area contributed by atoms with E-state index in [0.29, 0.717) is 0 Å². The highest BCUT2D eigenvalue weighted by Gasteiger charge is 2.17. The Morgan fingerprint density at radius 1 is 1.13 bits per heavy atom.